The van der Waals surface area contributed by atoms with Gasteiger partial charge in [-0.3, -0.25) is 0 Å². The SMILES string of the molecule is C=CC(=O)OCC(C)(C#N)N=NC(C)(C#N)COC(=O)C=C. The smallest absolute Gasteiger partial charge is 0.330 e. The highest BCUT2D eigenvalue weighted by Gasteiger charge is 2.30. The highest BCUT2D eigenvalue weighted by molar-refractivity contribution is 5.81. The minimum atomic E-state index is -1.47. The van der Waals surface area contributed by atoms with Crippen molar-refractivity contribution in [3.63, 3.8) is 0 Å². The van der Waals surface area contributed by atoms with Crippen LogP contribution in [0.5, 0.6) is 0 Å². The van der Waals surface area contributed by atoms with Crippen LogP contribution in [-0.4, -0.2) is 36.2 Å². The summed E-state index contributed by atoms with van der Waals surface area (Å²) >= 11 is 0. The first-order chi connectivity index (χ1) is 10.2. The Labute approximate surface area is 128 Å². The van der Waals surface area contributed by atoms with Gasteiger partial charge in [0.25, 0.3) is 0 Å². The first-order valence-electron chi connectivity index (χ1n) is 6.09. The van der Waals surface area contributed by atoms with E-state index in [4.69, 9.17) is 20.0 Å². The predicted octanol–water partition coefficient (Wildman–Crippen LogP) is 1.46. The second kappa shape index (κ2) is 8.32. The van der Waals surface area contributed by atoms with Crippen molar-refractivity contribution in [3.8, 4) is 12.1 Å². The van der Waals surface area contributed by atoms with Crippen LogP contribution in [0.15, 0.2) is 35.5 Å². The van der Waals surface area contributed by atoms with Crippen LogP contribution in [-0.2, 0) is 19.1 Å². The molecule has 0 saturated carbocycles. The molecule has 0 rings (SSSR count). The maximum Gasteiger partial charge on any atom is 0.330 e. The third-order valence-electron chi connectivity index (χ3n) is 2.30. The summed E-state index contributed by atoms with van der Waals surface area (Å²) in [5.41, 5.74) is -2.95. The Bertz CT molecular complexity index is 522. The number of esters is 2. The fourth-order valence-corrected chi connectivity index (χ4v) is 0.929. The number of carbonyl (C=O) groups is 2. The summed E-state index contributed by atoms with van der Waals surface area (Å²) in [6.45, 7) is 8.49. The van der Waals surface area contributed by atoms with Crippen LogP contribution in [0.1, 0.15) is 13.8 Å². The van der Waals surface area contributed by atoms with Crippen molar-refractivity contribution >= 4 is 11.9 Å². The summed E-state index contributed by atoms with van der Waals surface area (Å²) in [5, 5.41) is 25.7. The van der Waals surface area contributed by atoms with E-state index in [1.54, 1.807) is 0 Å². The standard InChI is InChI=1S/C14H16N4O4/c1-5-11(19)21-9-13(3,7-15)17-18-14(4,8-16)10-22-12(20)6-2/h5-6H,1-2,9-10H2,3-4H3. The van der Waals surface area contributed by atoms with Gasteiger partial charge in [-0.15, -0.1) is 0 Å². The predicted molar refractivity (Wildman–Crippen MR) is 75.2 cm³/mol. The normalized spacial score (nSPS) is 15.5. The highest BCUT2D eigenvalue weighted by Crippen LogP contribution is 2.17. The molecule has 0 amide bonds. The average Bonchev–Trinajstić information content (AvgIpc) is 2.55. The Hall–Kier alpha value is -3.00. The lowest BCUT2D eigenvalue weighted by atomic mass is 10.1. The van der Waals surface area contributed by atoms with E-state index in [2.05, 4.69) is 23.4 Å². The number of nitriles is 2. The molecule has 8 heteroatoms. The van der Waals surface area contributed by atoms with Crippen LogP contribution in [0.3, 0.4) is 0 Å². The number of azo groups is 1. The molecule has 2 unspecified atom stereocenters. The molecule has 0 spiro atoms. The molecule has 0 heterocycles. The van der Waals surface area contributed by atoms with Gasteiger partial charge in [0, 0.05) is 12.2 Å². The number of hydrogen-bond donors (Lipinski definition) is 0. The Kier molecular flexibility index (Phi) is 7.19. The van der Waals surface area contributed by atoms with Crippen molar-refractivity contribution in [1.82, 2.24) is 0 Å². The zero-order valence-electron chi connectivity index (χ0n) is 12.4. The molecule has 0 aliphatic carbocycles. The molecule has 0 aliphatic rings. The number of rotatable bonds is 8. The fourth-order valence-electron chi connectivity index (χ4n) is 0.929. The van der Waals surface area contributed by atoms with Crippen LogP contribution in [0, 0.1) is 22.7 Å². The van der Waals surface area contributed by atoms with Gasteiger partial charge in [-0.2, -0.15) is 20.8 Å². The topological polar surface area (TPSA) is 125 Å². The molecule has 0 aromatic rings. The Morgan fingerprint density at radius 1 is 1.00 bits per heavy atom. The minimum Gasteiger partial charge on any atom is -0.459 e. The minimum absolute atomic E-state index is 0.355. The lowest BCUT2D eigenvalue weighted by molar-refractivity contribution is -0.140. The molecule has 0 N–H and O–H groups in total. The Balaban J connectivity index is 4.98. The zero-order valence-corrected chi connectivity index (χ0v) is 12.4. The number of carbonyl (C=O) groups excluding carboxylic acids is 2. The van der Waals surface area contributed by atoms with Crippen molar-refractivity contribution in [2.45, 2.75) is 24.9 Å². The molecule has 0 bridgehead atoms. The van der Waals surface area contributed by atoms with Crippen molar-refractivity contribution in [2.24, 2.45) is 10.2 Å². The van der Waals surface area contributed by atoms with E-state index < -0.39 is 23.0 Å². The molecule has 116 valence electrons. The van der Waals surface area contributed by atoms with Gasteiger partial charge in [0.1, 0.15) is 13.2 Å². The summed E-state index contributed by atoms with van der Waals surface area (Å²) < 4.78 is 9.49. The van der Waals surface area contributed by atoms with Gasteiger partial charge < -0.3 is 9.47 Å². The molecule has 8 nitrogen and oxygen atoms in total. The number of nitrogens with zero attached hydrogens (tertiary/aromatic N) is 4. The van der Waals surface area contributed by atoms with E-state index in [0.717, 1.165) is 12.2 Å². The van der Waals surface area contributed by atoms with E-state index in [1.807, 2.05) is 12.1 Å². The second-order valence-corrected chi connectivity index (χ2v) is 4.59. The fraction of sp³-hybridized carbons (Fsp3) is 0.429. The molecule has 22 heavy (non-hydrogen) atoms. The Morgan fingerprint density at radius 2 is 1.32 bits per heavy atom. The summed E-state index contributed by atoms with van der Waals surface area (Å²) in [5.74, 6) is -1.42. The van der Waals surface area contributed by atoms with E-state index in [9.17, 15) is 9.59 Å². The van der Waals surface area contributed by atoms with Gasteiger partial charge in [0.2, 0.25) is 0 Å². The maximum absolute atomic E-state index is 11.0. The van der Waals surface area contributed by atoms with E-state index in [1.165, 1.54) is 13.8 Å². The van der Waals surface area contributed by atoms with Crippen LogP contribution >= 0.6 is 0 Å². The third kappa shape index (κ3) is 6.44. The second-order valence-electron chi connectivity index (χ2n) is 4.59. The monoisotopic (exact) mass is 304 g/mol. The molecule has 2 atom stereocenters. The first-order valence-corrected chi connectivity index (χ1v) is 6.09. The van der Waals surface area contributed by atoms with Crippen LogP contribution in [0.2, 0.25) is 0 Å². The van der Waals surface area contributed by atoms with Gasteiger partial charge in [-0.05, 0) is 13.8 Å². The molecule has 0 radical (unpaired) electrons. The summed E-state index contributed by atoms with van der Waals surface area (Å²) in [6, 6.07) is 3.65. The number of ether oxygens (including phenoxy) is 2. The van der Waals surface area contributed by atoms with E-state index >= 15 is 0 Å². The lowest BCUT2D eigenvalue weighted by Crippen LogP contribution is -2.32. The van der Waals surface area contributed by atoms with Crippen LogP contribution < -0.4 is 0 Å². The molecule has 0 aromatic carbocycles. The van der Waals surface area contributed by atoms with Crippen LogP contribution in [0.25, 0.3) is 0 Å². The molecule has 0 aromatic heterocycles. The van der Waals surface area contributed by atoms with Gasteiger partial charge in [-0.25, -0.2) is 9.59 Å². The van der Waals surface area contributed by atoms with Crippen molar-refractivity contribution in [1.29, 1.82) is 10.5 Å². The molecule has 0 fully saturated rings. The quantitative estimate of drug-likeness (QED) is 0.379. The molecule has 0 aliphatic heterocycles. The summed E-state index contributed by atoms with van der Waals surface area (Å²) in [6.07, 6.45) is 1.89. The molecule has 0 saturated heterocycles. The number of hydrogen-bond acceptors (Lipinski definition) is 8. The Morgan fingerprint density at radius 3 is 1.55 bits per heavy atom. The van der Waals surface area contributed by atoms with Crippen molar-refractivity contribution in [2.75, 3.05) is 13.2 Å². The van der Waals surface area contributed by atoms with Gasteiger partial charge in [0.15, 0.2) is 11.1 Å². The van der Waals surface area contributed by atoms with Gasteiger partial charge >= 0.3 is 11.9 Å². The molecular formula is C14H16N4O4. The maximum atomic E-state index is 11.0. The average molecular weight is 304 g/mol. The zero-order chi connectivity index (χ0) is 17.2. The third-order valence-corrected chi connectivity index (χ3v) is 2.30. The van der Waals surface area contributed by atoms with E-state index in [0.29, 0.717) is 0 Å². The molecular weight excluding hydrogens is 288 g/mol. The van der Waals surface area contributed by atoms with Crippen molar-refractivity contribution in [3.05, 3.63) is 25.3 Å². The van der Waals surface area contributed by atoms with E-state index in [-0.39, 0.29) is 13.2 Å². The summed E-state index contributed by atoms with van der Waals surface area (Å²) in [4.78, 5) is 22.0. The van der Waals surface area contributed by atoms with Crippen LogP contribution in [0.4, 0.5) is 0 Å². The highest BCUT2D eigenvalue weighted by atomic mass is 16.5. The lowest BCUT2D eigenvalue weighted by Gasteiger charge is -2.19. The largest absolute Gasteiger partial charge is 0.459 e. The first kappa shape index (κ1) is 19.0. The van der Waals surface area contributed by atoms with Gasteiger partial charge in [0.05, 0.1) is 12.1 Å². The summed E-state index contributed by atoms with van der Waals surface area (Å²) in [7, 11) is 0. The van der Waals surface area contributed by atoms with Gasteiger partial charge in [-0.1, -0.05) is 13.2 Å². The van der Waals surface area contributed by atoms with Crippen molar-refractivity contribution < 1.29 is 19.1 Å².